The third kappa shape index (κ3) is 5.96. The number of hydrogen-bond acceptors (Lipinski definition) is 7. The molecule has 0 saturated carbocycles. The molecule has 2 atom stereocenters. The normalized spacial score (nSPS) is 17.2. The van der Waals surface area contributed by atoms with Crippen LogP contribution in [0.5, 0.6) is 0 Å². The maximum absolute atomic E-state index is 13.0. The number of aliphatic hydroxyl groups excluding tert-OH is 1. The highest BCUT2D eigenvalue weighted by atomic mass is 32.2. The smallest absolute Gasteiger partial charge is 0.327 e. The molecule has 1 aromatic rings. The Balaban J connectivity index is 1.99. The topological polar surface area (TPSA) is 122 Å². The summed E-state index contributed by atoms with van der Waals surface area (Å²) in [6.45, 7) is 2.12. The first kappa shape index (κ1) is 21.2. The number of nitrogens with one attached hydrogen (secondary N) is 1. The molecule has 1 aliphatic rings. The second kappa shape index (κ2) is 9.22. The Labute approximate surface area is 156 Å². The number of morpholine rings is 1. The maximum Gasteiger partial charge on any atom is 0.327 e. The van der Waals surface area contributed by atoms with E-state index < -0.39 is 46.5 Å². The van der Waals surface area contributed by atoms with Crippen LogP contribution in [-0.2, 0) is 29.1 Å². The predicted molar refractivity (Wildman–Crippen MR) is 90.5 cm³/mol. The molecular formula is C16H21FN2O7S. The first-order valence-electron chi connectivity index (χ1n) is 8.19. The van der Waals surface area contributed by atoms with Crippen molar-refractivity contribution >= 4 is 21.9 Å². The van der Waals surface area contributed by atoms with Crippen molar-refractivity contribution in [2.75, 3.05) is 32.9 Å². The van der Waals surface area contributed by atoms with Gasteiger partial charge < -0.3 is 19.5 Å². The molecule has 11 heteroatoms. The van der Waals surface area contributed by atoms with E-state index in [4.69, 9.17) is 9.47 Å². The first-order valence-corrected chi connectivity index (χ1v) is 9.67. The van der Waals surface area contributed by atoms with Crippen LogP contribution in [-0.4, -0.2) is 75.4 Å². The van der Waals surface area contributed by atoms with Crippen molar-refractivity contribution in [2.24, 2.45) is 0 Å². The number of aliphatic hydroxyl groups is 1. The second-order valence-corrected chi connectivity index (χ2v) is 7.61. The minimum absolute atomic E-state index is 0.285. The van der Waals surface area contributed by atoms with Gasteiger partial charge in [0.1, 0.15) is 11.9 Å². The molecule has 0 unspecified atom stereocenters. The number of sulfonamides is 1. The van der Waals surface area contributed by atoms with Crippen LogP contribution in [0, 0.1) is 5.82 Å². The van der Waals surface area contributed by atoms with Crippen LogP contribution in [0.25, 0.3) is 0 Å². The fourth-order valence-electron chi connectivity index (χ4n) is 2.32. The van der Waals surface area contributed by atoms with Crippen LogP contribution >= 0.6 is 0 Å². The zero-order valence-electron chi connectivity index (χ0n) is 14.6. The van der Waals surface area contributed by atoms with Crippen LogP contribution < -0.4 is 4.72 Å². The van der Waals surface area contributed by atoms with Gasteiger partial charge in [0.2, 0.25) is 10.0 Å². The van der Waals surface area contributed by atoms with Crippen LogP contribution in [0.3, 0.4) is 0 Å². The highest BCUT2D eigenvalue weighted by Crippen LogP contribution is 2.12. The number of halogens is 1. The van der Waals surface area contributed by atoms with Crippen molar-refractivity contribution in [1.82, 2.24) is 9.62 Å². The molecule has 0 bridgehead atoms. The zero-order chi connectivity index (χ0) is 20.0. The Morgan fingerprint density at radius 1 is 1.30 bits per heavy atom. The van der Waals surface area contributed by atoms with Crippen molar-refractivity contribution in [3.05, 3.63) is 30.1 Å². The summed E-state index contributed by atoms with van der Waals surface area (Å²) in [5, 5.41) is 9.75. The quantitative estimate of drug-likeness (QED) is 0.574. The van der Waals surface area contributed by atoms with Gasteiger partial charge in [-0.25, -0.2) is 12.8 Å². The van der Waals surface area contributed by atoms with Crippen molar-refractivity contribution in [1.29, 1.82) is 0 Å². The van der Waals surface area contributed by atoms with E-state index in [2.05, 4.69) is 0 Å². The molecule has 9 nitrogen and oxygen atoms in total. The maximum atomic E-state index is 13.0. The molecular weight excluding hydrogens is 383 g/mol. The van der Waals surface area contributed by atoms with Crippen molar-refractivity contribution in [3.8, 4) is 0 Å². The molecule has 150 valence electrons. The number of hydrogen-bond donors (Lipinski definition) is 2. The molecule has 1 saturated heterocycles. The summed E-state index contributed by atoms with van der Waals surface area (Å²) in [6.07, 6.45) is -1.42. The minimum atomic E-state index is -4.21. The lowest BCUT2D eigenvalue weighted by Gasteiger charge is -2.27. The SMILES string of the molecule is C[C@H](O)[C@@H](NS(=O)(=O)c1ccc(F)cc1)C(=O)OCC(=O)N1CCOCC1. The lowest BCUT2D eigenvalue weighted by Crippen LogP contribution is -2.49. The average molecular weight is 404 g/mol. The fraction of sp³-hybridized carbons (Fsp3) is 0.500. The van der Waals surface area contributed by atoms with E-state index in [1.165, 1.54) is 11.8 Å². The Hall–Kier alpha value is -2.08. The first-order chi connectivity index (χ1) is 12.7. The highest BCUT2D eigenvalue weighted by Gasteiger charge is 2.31. The van der Waals surface area contributed by atoms with E-state index in [0.717, 1.165) is 24.3 Å². The summed E-state index contributed by atoms with van der Waals surface area (Å²) >= 11 is 0. The van der Waals surface area contributed by atoms with Gasteiger partial charge in [0.25, 0.3) is 5.91 Å². The van der Waals surface area contributed by atoms with Gasteiger partial charge in [-0.2, -0.15) is 4.72 Å². The summed E-state index contributed by atoms with van der Waals surface area (Å²) in [7, 11) is -4.21. The van der Waals surface area contributed by atoms with Gasteiger partial charge >= 0.3 is 5.97 Å². The third-order valence-corrected chi connectivity index (χ3v) is 5.30. The van der Waals surface area contributed by atoms with Crippen LogP contribution in [0.4, 0.5) is 4.39 Å². The van der Waals surface area contributed by atoms with Crippen molar-refractivity contribution in [3.63, 3.8) is 0 Å². The Morgan fingerprint density at radius 2 is 1.89 bits per heavy atom. The van der Waals surface area contributed by atoms with E-state index in [0.29, 0.717) is 26.3 Å². The van der Waals surface area contributed by atoms with Gasteiger partial charge in [0.15, 0.2) is 6.61 Å². The molecule has 0 spiro atoms. The molecule has 1 fully saturated rings. The summed E-state index contributed by atoms with van der Waals surface area (Å²) < 4.78 is 49.6. The number of rotatable bonds is 7. The number of carbonyl (C=O) groups excluding carboxylic acids is 2. The summed E-state index contributed by atoms with van der Waals surface area (Å²) in [6, 6.07) is 2.31. The number of nitrogens with zero attached hydrogens (tertiary/aromatic N) is 1. The average Bonchev–Trinajstić information content (AvgIpc) is 2.64. The third-order valence-electron chi connectivity index (χ3n) is 3.84. The number of esters is 1. The molecule has 1 amide bonds. The molecule has 1 aromatic carbocycles. The Kier molecular flexibility index (Phi) is 7.25. The second-order valence-electron chi connectivity index (χ2n) is 5.89. The van der Waals surface area contributed by atoms with Gasteiger partial charge in [-0.15, -0.1) is 0 Å². The van der Waals surface area contributed by atoms with Crippen molar-refractivity contribution < 1.29 is 37.0 Å². The number of amides is 1. The van der Waals surface area contributed by atoms with Crippen LogP contribution in [0.2, 0.25) is 0 Å². The standard InChI is InChI=1S/C16H21FN2O7S/c1-11(20)15(18-27(23,24)13-4-2-12(17)3-5-13)16(22)26-10-14(21)19-6-8-25-9-7-19/h2-5,11,15,18,20H,6-10H2,1H3/t11-,15+/m0/s1. The minimum Gasteiger partial charge on any atom is -0.454 e. The van der Waals surface area contributed by atoms with E-state index in [-0.39, 0.29) is 4.90 Å². The van der Waals surface area contributed by atoms with E-state index in [1.807, 2.05) is 4.72 Å². The number of carbonyl (C=O) groups is 2. The summed E-state index contributed by atoms with van der Waals surface area (Å²) in [5.41, 5.74) is 0. The van der Waals surface area contributed by atoms with E-state index >= 15 is 0 Å². The van der Waals surface area contributed by atoms with Gasteiger partial charge in [0, 0.05) is 13.1 Å². The molecule has 1 heterocycles. The largest absolute Gasteiger partial charge is 0.454 e. The van der Waals surface area contributed by atoms with Gasteiger partial charge in [-0.05, 0) is 31.2 Å². The molecule has 2 N–H and O–H groups in total. The lowest BCUT2D eigenvalue weighted by atomic mass is 10.2. The summed E-state index contributed by atoms with van der Waals surface area (Å²) in [4.78, 5) is 25.3. The fourth-order valence-corrected chi connectivity index (χ4v) is 3.58. The Bertz CT molecular complexity index is 761. The van der Waals surface area contributed by atoms with Gasteiger partial charge in [0.05, 0.1) is 24.2 Å². The number of benzene rings is 1. The van der Waals surface area contributed by atoms with Gasteiger partial charge in [-0.3, -0.25) is 9.59 Å². The lowest BCUT2D eigenvalue weighted by molar-refractivity contribution is -0.156. The predicted octanol–water partition coefficient (Wildman–Crippen LogP) is -0.745. The monoisotopic (exact) mass is 404 g/mol. The van der Waals surface area contributed by atoms with E-state index in [1.54, 1.807) is 0 Å². The van der Waals surface area contributed by atoms with Gasteiger partial charge in [-0.1, -0.05) is 0 Å². The van der Waals surface area contributed by atoms with Crippen LogP contribution in [0.15, 0.2) is 29.2 Å². The van der Waals surface area contributed by atoms with Crippen LogP contribution in [0.1, 0.15) is 6.92 Å². The molecule has 1 aliphatic heterocycles. The van der Waals surface area contributed by atoms with Crippen molar-refractivity contribution in [2.45, 2.75) is 24.0 Å². The number of ether oxygens (including phenoxy) is 2. The molecule has 2 rings (SSSR count). The molecule has 0 radical (unpaired) electrons. The molecule has 27 heavy (non-hydrogen) atoms. The summed E-state index contributed by atoms with van der Waals surface area (Å²) in [5.74, 6) is -2.17. The molecule has 0 aliphatic carbocycles. The highest BCUT2D eigenvalue weighted by molar-refractivity contribution is 7.89. The molecule has 0 aromatic heterocycles. The van der Waals surface area contributed by atoms with E-state index in [9.17, 15) is 27.5 Å². The Morgan fingerprint density at radius 3 is 2.44 bits per heavy atom. The zero-order valence-corrected chi connectivity index (χ0v) is 15.4.